The number of aliphatic hydroxyl groups excluding tert-OH is 1. The van der Waals surface area contributed by atoms with E-state index in [0.29, 0.717) is 13.0 Å². The predicted octanol–water partition coefficient (Wildman–Crippen LogP) is 2.13. The number of hydrogen-bond acceptors (Lipinski definition) is 2. The lowest BCUT2D eigenvalue weighted by Gasteiger charge is -2.26. The summed E-state index contributed by atoms with van der Waals surface area (Å²) in [5.74, 6) is 0. The average molecular weight is 172 g/mol. The highest BCUT2D eigenvalue weighted by Gasteiger charge is 2.21. The molecule has 0 bridgehead atoms. The van der Waals surface area contributed by atoms with Crippen molar-refractivity contribution < 1.29 is 9.84 Å². The lowest BCUT2D eigenvalue weighted by molar-refractivity contribution is -0.0370. The highest BCUT2D eigenvalue weighted by atomic mass is 16.5. The second-order valence-corrected chi connectivity index (χ2v) is 3.63. The van der Waals surface area contributed by atoms with Crippen LogP contribution in [0.15, 0.2) is 12.7 Å². The van der Waals surface area contributed by atoms with Gasteiger partial charge >= 0.3 is 0 Å². The SMILES string of the molecule is C=CCOC(C)(C)CC(O)CC. The van der Waals surface area contributed by atoms with Crippen LogP contribution >= 0.6 is 0 Å². The van der Waals surface area contributed by atoms with Crippen molar-refractivity contribution in [2.45, 2.75) is 45.3 Å². The molecule has 0 radical (unpaired) electrons. The van der Waals surface area contributed by atoms with Crippen molar-refractivity contribution in [3.05, 3.63) is 12.7 Å². The van der Waals surface area contributed by atoms with Crippen molar-refractivity contribution in [3.8, 4) is 0 Å². The van der Waals surface area contributed by atoms with Gasteiger partial charge in [-0.2, -0.15) is 0 Å². The molecule has 0 aliphatic heterocycles. The first-order valence-electron chi connectivity index (χ1n) is 4.44. The third kappa shape index (κ3) is 5.33. The normalized spacial score (nSPS) is 14.3. The fourth-order valence-electron chi connectivity index (χ4n) is 1.06. The maximum Gasteiger partial charge on any atom is 0.0655 e. The summed E-state index contributed by atoms with van der Waals surface area (Å²) in [6.45, 7) is 10.1. The van der Waals surface area contributed by atoms with Crippen LogP contribution in [0.3, 0.4) is 0 Å². The maximum atomic E-state index is 9.39. The Kier molecular flexibility index (Phi) is 5.18. The van der Waals surface area contributed by atoms with Crippen molar-refractivity contribution in [2.24, 2.45) is 0 Å². The minimum Gasteiger partial charge on any atom is -0.393 e. The van der Waals surface area contributed by atoms with Crippen LogP contribution in [-0.2, 0) is 4.74 Å². The molecule has 1 N–H and O–H groups in total. The van der Waals surface area contributed by atoms with E-state index in [0.717, 1.165) is 6.42 Å². The van der Waals surface area contributed by atoms with Crippen molar-refractivity contribution in [2.75, 3.05) is 6.61 Å². The first-order valence-corrected chi connectivity index (χ1v) is 4.44. The van der Waals surface area contributed by atoms with Crippen molar-refractivity contribution in [1.29, 1.82) is 0 Å². The zero-order valence-corrected chi connectivity index (χ0v) is 8.34. The molecule has 1 atom stereocenters. The smallest absolute Gasteiger partial charge is 0.0655 e. The van der Waals surface area contributed by atoms with Crippen LogP contribution < -0.4 is 0 Å². The Morgan fingerprint density at radius 2 is 2.17 bits per heavy atom. The summed E-state index contributed by atoms with van der Waals surface area (Å²) in [4.78, 5) is 0. The fraction of sp³-hybridized carbons (Fsp3) is 0.800. The van der Waals surface area contributed by atoms with Gasteiger partial charge in [-0.1, -0.05) is 13.0 Å². The summed E-state index contributed by atoms with van der Waals surface area (Å²) in [6, 6.07) is 0. The van der Waals surface area contributed by atoms with E-state index in [9.17, 15) is 5.11 Å². The Bertz CT molecular complexity index is 130. The molecule has 0 aliphatic rings. The molecule has 0 amide bonds. The van der Waals surface area contributed by atoms with Gasteiger partial charge in [0.2, 0.25) is 0 Å². The van der Waals surface area contributed by atoms with Crippen LogP contribution in [0.25, 0.3) is 0 Å². The summed E-state index contributed by atoms with van der Waals surface area (Å²) in [5, 5.41) is 9.39. The Labute approximate surface area is 75.2 Å². The third-order valence-electron chi connectivity index (χ3n) is 1.79. The molecule has 0 saturated heterocycles. The molecular weight excluding hydrogens is 152 g/mol. The minimum atomic E-state index is -0.259. The van der Waals surface area contributed by atoms with Gasteiger partial charge in [-0.3, -0.25) is 0 Å². The monoisotopic (exact) mass is 172 g/mol. The van der Waals surface area contributed by atoms with Crippen molar-refractivity contribution in [3.63, 3.8) is 0 Å². The molecule has 1 unspecified atom stereocenters. The molecule has 0 aromatic heterocycles. The Hall–Kier alpha value is -0.340. The van der Waals surface area contributed by atoms with Gasteiger partial charge in [0.1, 0.15) is 0 Å². The molecule has 0 heterocycles. The van der Waals surface area contributed by atoms with E-state index in [1.54, 1.807) is 6.08 Å². The molecule has 12 heavy (non-hydrogen) atoms. The third-order valence-corrected chi connectivity index (χ3v) is 1.79. The first-order chi connectivity index (χ1) is 5.52. The highest BCUT2D eigenvalue weighted by molar-refractivity contribution is 4.75. The molecule has 0 saturated carbocycles. The van der Waals surface area contributed by atoms with E-state index < -0.39 is 0 Å². The molecule has 0 fully saturated rings. The summed E-state index contributed by atoms with van der Waals surface area (Å²) >= 11 is 0. The quantitative estimate of drug-likeness (QED) is 0.622. The summed E-state index contributed by atoms with van der Waals surface area (Å²) < 4.78 is 5.47. The highest BCUT2D eigenvalue weighted by Crippen LogP contribution is 2.17. The van der Waals surface area contributed by atoms with E-state index in [-0.39, 0.29) is 11.7 Å². The minimum absolute atomic E-state index is 0.246. The second kappa shape index (κ2) is 5.33. The number of hydrogen-bond donors (Lipinski definition) is 1. The summed E-state index contributed by atoms with van der Waals surface area (Å²) in [5.41, 5.74) is -0.246. The van der Waals surface area contributed by atoms with Crippen LogP contribution in [0.1, 0.15) is 33.6 Å². The summed E-state index contributed by atoms with van der Waals surface area (Å²) in [7, 11) is 0. The largest absolute Gasteiger partial charge is 0.393 e. The molecule has 2 heteroatoms. The van der Waals surface area contributed by atoms with Gasteiger partial charge in [0, 0.05) is 6.42 Å². The number of aliphatic hydroxyl groups is 1. The predicted molar refractivity (Wildman–Crippen MR) is 51.1 cm³/mol. The zero-order valence-electron chi connectivity index (χ0n) is 8.34. The van der Waals surface area contributed by atoms with Gasteiger partial charge in [0.25, 0.3) is 0 Å². The number of rotatable bonds is 6. The van der Waals surface area contributed by atoms with Crippen LogP contribution in [-0.4, -0.2) is 23.4 Å². The van der Waals surface area contributed by atoms with E-state index in [1.165, 1.54) is 0 Å². The van der Waals surface area contributed by atoms with Gasteiger partial charge in [0.15, 0.2) is 0 Å². The van der Waals surface area contributed by atoms with Crippen LogP contribution in [0.4, 0.5) is 0 Å². The van der Waals surface area contributed by atoms with Gasteiger partial charge in [-0.05, 0) is 20.3 Å². The van der Waals surface area contributed by atoms with Crippen molar-refractivity contribution in [1.82, 2.24) is 0 Å². The average Bonchev–Trinajstić information content (AvgIpc) is 2.00. The standard InChI is InChI=1S/C10H20O2/c1-5-7-12-10(3,4)8-9(11)6-2/h5,9,11H,1,6-8H2,2-4H3. The lowest BCUT2D eigenvalue weighted by Crippen LogP contribution is -2.29. The molecule has 0 rings (SSSR count). The van der Waals surface area contributed by atoms with Gasteiger partial charge in [-0.25, -0.2) is 0 Å². The second-order valence-electron chi connectivity index (χ2n) is 3.63. The summed E-state index contributed by atoms with van der Waals surface area (Å²) in [6.07, 6.45) is 2.92. The first kappa shape index (κ1) is 11.7. The van der Waals surface area contributed by atoms with Crippen molar-refractivity contribution >= 4 is 0 Å². The Balaban J connectivity index is 3.76. The molecular formula is C10H20O2. The van der Waals surface area contributed by atoms with E-state index in [2.05, 4.69) is 6.58 Å². The molecule has 72 valence electrons. The van der Waals surface area contributed by atoms with E-state index in [4.69, 9.17) is 4.74 Å². The molecule has 0 aromatic carbocycles. The van der Waals surface area contributed by atoms with Crippen LogP contribution in [0.2, 0.25) is 0 Å². The molecule has 0 spiro atoms. The zero-order chi connectivity index (χ0) is 9.61. The van der Waals surface area contributed by atoms with E-state index >= 15 is 0 Å². The van der Waals surface area contributed by atoms with Gasteiger partial charge in [0.05, 0.1) is 18.3 Å². The van der Waals surface area contributed by atoms with Gasteiger partial charge in [-0.15, -0.1) is 6.58 Å². The van der Waals surface area contributed by atoms with Crippen LogP contribution in [0.5, 0.6) is 0 Å². The Morgan fingerprint density at radius 1 is 1.58 bits per heavy atom. The van der Waals surface area contributed by atoms with Gasteiger partial charge < -0.3 is 9.84 Å². The molecule has 0 aromatic rings. The topological polar surface area (TPSA) is 29.5 Å². The maximum absolute atomic E-state index is 9.39. The van der Waals surface area contributed by atoms with E-state index in [1.807, 2.05) is 20.8 Å². The fourth-order valence-corrected chi connectivity index (χ4v) is 1.06. The lowest BCUT2D eigenvalue weighted by atomic mass is 9.99. The molecule has 0 aliphatic carbocycles. The molecule has 2 nitrogen and oxygen atoms in total. The Morgan fingerprint density at radius 3 is 2.58 bits per heavy atom. The number of ether oxygens (including phenoxy) is 1. The van der Waals surface area contributed by atoms with Crippen LogP contribution in [0, 0.1) is 0 Å².